The van der Waals surface area contributed by atoms with Crippen LogP contribution in [0.4, 0.5) is 0 Å². The highest BCUT2D eigenvalue weighted by atomic mass is 16.5. The van der Waals surface area contributed by atoms with E-state index in [9.17, 15) is 5.11 Å². The van der Waals surface area contributed by atoms with Gasteiger partial charge >= 0.3 is 0 Å². The number of pyridine rings is 1. The van der Waals surface area contributed by atoms with Crippen LogP contribution in [0.15, 0.2) is 18.3 Å². The first kappa shape index (κ1) is 11.9. The molecular formula is C14H20N2O2. The lowest BCUT2D eigenvalue weighted by molar-refractivity contribution is -0.0524. The first-order valence-electron chi connectivity index (χ1n) is 6.57. The minimum Gasteiger partial charge on any atom is -0.495 e. The molecule has 3 rings (SSSR count). The molecule has 0 radical (unpaired) electrons. The maximum atomic E-state index is 10.9. The largest absolute Gasteiger partial charge is 0.495 e. The van der Waals surface area contributed by atoms with E-state index in [0.29, 0.717) is 12.1 Å². The minimum absolute atomic E-state index is 0.498. The third-order valence-corrected chi connectivity index (χ3v) is 4.58. The predicted octanol–water partition coefficient (Wildman–Crippen LogP) is 1.53. The summed E-state index contributed by atoms with van der Waals surface area (Å²) in [5.41, 5.74) is 0.0262. The summed E-state index contributed by atoms with van der Waals surface area (Å²) in [6.07, 6.45) is 5.66. The van der Waals surface area contributed by atoms with Gasteiger partial charge in [-0.1, -0.05) is 0 Å². The fourth-order valence-electron chi connectivity index (χ4n) is 3.43. The molecule has 2 fully saturated rings. The molecule has 1 aromatic rings. The van der Waals surface area contributed by atoms with Gasteiger partial charge < -0.3 is 14.7 Å². The molecule has 0 aliphatic carbocycles. The Bertz CT molecular complexity index is 418. The Hall–Kier alpha value is -1.13. The zero-order valence-electron chi connectivity index (χ0n) is 11.0. The number of methoxy groups -OCH3 is 1. The second kappa shape index (κ2) is 4.21. The topological polar surface area (TPSA) is 45.6 Å². The van der Waals surface area contributed by atoms with Gasteiger partial charge in [0.15, 0.2) is 0 Å². The molecule has 2 aliphatic rings. The van der Waals surface area contributed by atoms with Crippen molar-refractivity contribution in [3.8, 4) is 5.75 Å². The normalized spacial score (nSPS) is 35.7. The van der Waals surface area contributed by atoms with Gasteiger partial charge in [0.25, 0.3) is 0 Å². The van der Waals surface area contributed by atoms with Crippen molar-refractivity contribution in [3.63, 3.8) is 0 Å². The molecular weight excluding hydrogens is 228 g/mol. The second-order valence-electron chi connectivity index (χ2n) is 5.57. The Morgan fingerprint density at radius 2 is 2.00 bits per heavy atom. The van der Waals surface area contributed by atoms with E-state index in [0.717, 1.165) is 24.3 Å². The van der Waals surface area contributed by atoms with Gasteiger partial charge in [-0.2, -0.15) is 0 Å². The van der Waals surface area contributed by atoms with Crippen LogP contribution in [0.3, 0.4) is 0 Å². The molecule has 4 nitrogen and oxygen atoms in total. The van der Waals surface area contributed by atoms with Crippen molar-refractivity contribution in [3.05, 3.63) is 24.0 Å². The predicted molar refractivity (Wildman–Crippen MR) is 68.5 cm³/mol. The number of piperidine rings is 1. The SMILES string of the molecule is COc1ccc(C2(O)CC3CCC(C2)N3C)nc1. The molecule has 2 unspecified atom stereocenters. The van der Waals surface area contributed by atoms with Gasteiger partial charge in [-0.25, -0.2) is 0 Å². The number of nitrogens with zero attached hydrogens (tertiary/aromatic N) is 2. The first-order chi connectivity index (χ1) is 8.62. The summed E-state index contributed by atoms with van der Waals surface area (Å²) in [6.45, 7) is 0. The molecule has 0 aromatic carbocycles. The average Bonchev–Trinajstić information content (AvgIpc) is 2.63. The zero-order valence-corrected chi connectivity index (χ0v) is 11.0. The lowest BCUT2D eigenvalue weighted by atomic mass is 9.83. The molecule has 0 spiro atoms. The van der Waals surface area contributed by atoms with Crippen molar-refractivity contribution in [2.45, 2.75) is 43.4 Å². The highest BCUT2D eigenvalue weighted by Gasteiger charge is 2.47. The van der Waals surface area contributed by atoms with Crippen LogP contribution in [-0.4, -0.2) is 41.2 Å². The molecule has 2 bridgehead atoms. The van der Waals surface area contributed by atoms with Crippen LogP contribution in [0.25, 0.3) is 0 Å². The van der Waals surface area contributed by atoms with Gasteiger partial charge in [-0.05, 0) is 44.9 Å². The van der Waals surface area contributed by atoms with Gasteiger partial charge in [-0.15, -0.1) is 0 Å². The van der Waals surface area contributed by atoms with Crippen molar-refractivity contribution in [1.82, 2.24) is 9.88 Å². The maximum Gasteiger partial charge on any atom is 0.137 e. The summed E-state index contributed by atoms with van der Waals surface area (Å²) in [7, 11) is 3.80. The summed E-state index contributed by atoms with van der Waals surface area (Å²) in [5, 5.41) is 10.9. The van der Waals surface area contributed by atoms with E-state index in [2.05, 4.69) is 16.9 Å². The standard InChI is InChI=1S/C14H20N2O2/c1-16-10-3-4-11(16)8-14(17,7-10)13-6-5-12(18-2)9-15-13/h5-6,9-11,17H,3-4,7-8H2,1-2H3. The maximum absolute atomic E-state index is 10.9. The third-order valence-electron chi connectivity index (χ3n) is 4.58. The smallest absolute Gasteiger partial charge is 0.137 e. The monoisotopic (exact) mass is 248 g/mol. The number of ether oxygens (including phenoxy) is 1. The summed E-state index contributed by atoms with van der Waals surface area (Å²) in [4.78, 5) is 6.79. The van der Waals surface area contributed by atoms with Gasteiger partial charge in [0.2, 0.25) is 0 Å². The number of hydrogen-bond donors (Lipinski definition) is 1. The molecule has 2 aliphatic heterocycles. The van der Waals surface area contributed by atoms with Crippen LogP contribution < -0.4 is 4.74 Å². The molecule has 3 heterocycles. The summed E-state index contributed by atoms with van der Waals surface area (Å²) < 4.78 is 5.11. The highest BCUT2D eigenvalue weighted by molar-refractivity contribution is 5.24. The highest BCUT2D eigenvalue weighted by Crippen LogP contribution is 2.44. The second-order valence-corrected chi connectivity index (χ2v) is 5.57. The van der Waals surface area contributed by atoms with E-state index in [1.165, 1.54) is 12.8 Å². The number of aromatic nitrogens is 1. The summed E-state index contributed by atoms with van der Waals surface area (Å²) in [6, 6.07) is 4.76. The molecule has 18 heavy (non-hydrogen) atoms. The van der Waals surface area contributed by atoms with Gasteiger partial charge in [0.1, 0.15) is 11.4 Å². The number of aliphatic hydroxyl groups is 1. The van der Waals surface area contributed by atoms with Crippen molar-refractivity contribution < 1.29 is 9.84 Å². The molecule has 0 saturated carbocycles. The Morgan fingerprint density at radius 3 is 2.50 bits per heavy atom. The molecule has 2 atom stereocenters. The van der Waals surface area contributed by atoms with E-state index in [4.69, 9.17) is 4.74 Å². The fraction of sp³-hybridized carbons (Fsp3) is 0.643. The number of fused-ring (bicyclic) bond motifs is 2. The van der Waals surface area contributed by atoms with Crippen molar-refractivity contribution in [2.75, 3.05) is 14.2 Å². The van der Waals surface area contributed by atoms with Gasteiger partial charge in [-0.3, -0.25) is 4.98 Å². The zero-order chi connectivity index (χ0) is 12.8. The van der Waals surface area contributed by atoms with Gasteiger partial charge in [0, 0.05) is 12.1 Å². The minimum atomic E-state index is -0.759. The fourth-order valence-corrected chi connectivity index (χ4v) is 3.43. The van der Waals surface area contributed by atoms with E-state index in [-0.39, 0.29) is 0 Å². The lowest BCUT2D eigenvalue weighted by Gasteiger charge is -2.41. The summed E-state index contributed by atoms with van der Waals surface area (Å²) in [5.74, 6) is 0.734. The van der Waals surface area contributed by atoms with Crippen LogP contribution in [0.2, 0.25) is 0 Å². The summed E-state index contributed by atoms with van der Waals surface area (Å²) >= 11 is 0. The van der Waals surface area contributed by atoms with E-state index in [1.807, 2.05) is 12.1 Å². The van der Waals surface area contributed by atoms with Crippen LogP contribution in [0, 0.1) is 0 Å². The van der Waals surface area contributed by atoms with E-state index in [1.54, 1.807) is 13.3 Å². The van der Waals surface area contributed by atoms with Crippen LogP contribution in [0.5, 0.6) is 5.75 Å². The lowest BCUT2D eigenvalue weighted by Crippen LogP contribution is -2.47. The Balaban J connectivity index is 1.86. The number of rotatable bonds is 2. The molecule has 98 valence electrons. The molecule has 1 N–H and O–H groups in total. The quantitative estimate of drug-likeness (QED) is 0.862. The Kier molecular flexibility index (Phi) is 2.79. The average molecular weight is 248 g/mol. The molecule has 0 amide bonds. The van der Waals surface area contributed by atoms with E-state index < -0.39 is 5.60 Å². The van der Waals surface area contributed by atoms with Gasteiger partial charge in [0.05, 0.1) is 19.0 Å². The first-order valence-corrected chi connectivity index (χ1v) is 6.57. The molecule has 2 saturated heterocycles. The molecule has 1 aromatic heterocycles. The Labute approximate surface area is 108 Å². The third kappa shape index (κ3) is 1.80. The molecule has 4 heteroatoms. The van der Waals surface area contributed by atoms with Crippen molar-refractivity contribution >= 4 is 0 Å². The van der Waals surface area contributed by atoms with Crippen molar-refractivity contribution in [2.24, 2.45) is 0 Å². The van der Waals surface area contributed by atoms with Crippen LogP contribution in [-0.2, 0) is 5.60 Å². The Morgan fingerprint density at radius 1 is 1.33 bits per heavy atom. The van der Waals surface area contributed by atoms with Crippen LogP contribution in [0.1, 0.15) is 31.4 Å². The number of hydrogen-bond acceptors (Lipinski definition) is 4. The van der Waals surface area contributed by atoms with Crippen molar-refractivity contribution in [1.29, 1.82) is 0 Å². The van der Waals surface area contributed by atoms with Crippen LogP contribution >= 0.6 is 0 Å². The van der Waals surface area contributed by atoms with E-state index >= 15 is 0 Å².